The van der Waals surface area contributed by atoms with E-state index in [0.717, 1.165) is 39.0 Å². The van der Waals surface area contributed by atoms with E-state index in [-0.39, 0.29) is 11.9 Å². The Kier molecular flexibility index (Phi) is 3.80. The molecule has 1 aliphatic carbocycles. The van der Waals surface area contributed by atoms with Gasteiger partial charge in [0.05, 0.1) is 6.54 Å². The Balaban J connectivity index is 1.49. The van der Waals surface area contributed by atoms with Crippen LogP contribution in [-0.2, 0) is 17.6 Å². The Hall–Kier alpha value is -1.39. The molecule has 19 heavy (non-hydrogen) atoms. The minimum Gasteiger partial charge on any atom is -0.352 e. The number of amides is 1. The summed E-state index contributed by atoms with van der Waals surface area (Å²) in [6, 6.07) is 8.76. The highest BCUT2D eigenvalue weighted by Gasteiger charge is 2.23. The number of fused-ring (bicyclic) bond motifs is 1. The van der Waals surface area contributed by atoms with Gasteiger partial charge in [-0.15, -0.1) is 0 Å². The molecule has 2 aliphatic rings. The standard InChI is InChI=1S/C15H21N3O/c19-15(11-18-7-5-16-6-8-18)17-14-9-12-3-1-2-4-13(12)10-14/h1-4,14,16H,5-11H2,(H,17,19). The van der Waals surface area contributed by atoms with E-state index in [1.807, 2.05) is 0 Å². The van der Waals surface area contributed by atoms with Crippen molar-refractivity contribution < 1.29 is 4.79 Å². The van der Waals surface area contributed by atoms with Crippen molar-refractivity contribution in [1.29, 1.82) is 0 Å². The lowest BCUT2D eigenvalue weighted by Gasteiger charge is -2.27. The number of nitrogens with zero attached hydrogens (tertiary/aromatic N) is 1. The monoisotopic (exact) mass is 259 g/mol. The van der Waals surface area contributed by atoms with Crippen molar-refractivity contribution in [2.24, 2.45) is 0 Å². The van der Waals surface area contributed by atoms with Gasteiger partial charge >= 0.3 is 0 Å². The van der Waals surface area contributed by atoms with Crippen LogP contribution in [0.15, 0.2) is 24.3 Å². The zero-order valence-corrected chi connectivity index (χ0v) is 11.2. The number of nitrogens with one attached hydrogen (secondary N) is 2. The number of hydrogen-bond donors (Lipinski definition) is 2. The normalized spacial score (nSPS) is 20.2. The molecule has 2 N–H and O–H groups in total. The summed E-state index contributed by atoms with van der Waals surface area (Å²) in [5.41, 5.74) is 2.77. The molecule has 1 aliphatic heterocycles. The highest BCUT2D eigenvalue weighted by Crippen LogP contribution is 2.21. The number of hydrogen-bond acceptors (Lipinski definition) is 3. The van der Waals surface area contributed by atoms with Crippen molar-refractivity contribution in [2.45, 2.75) is 18.9 Å². The van der Waals surface area contributed by atoms with Gasteiger partial charge in [-0.3, -0.25) is 9.69 Å². The van der Waals surface area contributed by atoms with Gasteiger partial charge in [0, 0.05) is 32.2 Å². The molecule has 1 amide bonds. The number of rotatable bonds is 3. The molecule has 0 spiro atoms. The highest BCUT2D eigenvalue weighted by molar-refractivity contribution is 5.78. The third-order valence-electron chi connectivity index (χ3n) is 3.99. The Morgan fingerprint density at radius 3 is 2.47 bits per heavy atom. The Labute approximate surface area is 114 Å². The van der Waals surface area contributed by atoms with Crippen LogP contribution in [0.4, 0.5) is 0 Å². The van der Waals surface area contributed by atoms with Crippen LogP contribution < -0.4 is 10.6 Å². The van der Waals surface area contributed by atoms with Gasteiger partial charge in [0.15, 0.2) is 0 Å². The molecule has 0 atom stereocenters. The van der Waals surface area contributed by atoms with Gasteiger partial charge < -0.3 is 10.6 Å². The lowest BCUT2D eigenvalue weighted by molar-refractivity contribution is -0.123. The Bertz CT molecular complexity index is 429. The van der Waals surface area contributed by atoms with E-state index < -0.39 is 0 Å². The summed E-state index contributed by atoms with van der Waals surface area (Å²) < 4.78 is 0. The molecule has 102 valence electrons. The third-order valence-corrected chi connectivity index (χ3v) is 3.99. The van der Waals surface area contributed by atoms with E-state index in [2.05, 4.69) is 39.8 Å². The minimum absolute atomic E-state index is 0.166. The predicted octanol–water partition coefficient (Wildman–Crippen LogP) is 0.175. The van der Waals surface area contributed by atoms with E-state index in [4.69, 9.17) is 0 Å². The second-order valence-corrected chi connectivity index (χ2v) is 5.47. The predicted molar refractivity (Wildman–Crippen MR) is 75.1 cm³/mol. The van der Waals surface area contributed by atoms with Crippen LogP contribution in [0.2, 0.25) is 0 Å². The van der Waals surface area contributed by atoms with E-state index in [9.17, 15) is 4.79 Å². The highest BCUT2D eigenvalue weighted by atomic mass is 16.2. The summed E-state index contributed by atoms with van der Waals surface area (Å²) in [6.45, 7) is 4.45. The number of carbonyl (C=O) groups excluding carboxylic acids is 1. The third kappa shape index (κ3) is 3.14. The van der Waals surface area contributed by atoms with Gasteiger partial charge in [-0.2, -0.15) is 0 Å². The van der Waals surface area contributed by atoms with Gasteiger partial charge in [0.2, 0.25) is 5.91 Å². The fourth-order valence-corrected chi connectivity index (χ4v) is 3.01. The molecule has 0 bridgehead atoms. The van der Waals surface area contributed by atoms with Gasteiger partial charge in [-0.05, 0) is 24.0 Å². The van der Waals surface area contributed by atoms with E-state index in [1.165, 1.54) is 11.1 Å². The number of piperazine rings is 1. The summed E-state index contributed by atoms with van der Waals surface area (Å²) in [5.74, 6) is 0.166. The molecule has 4 heteroatoms. The van der Waals surface area contributed by atoms with E-state index in [1.54, 1.807) is 0 Å². The van der Waals surface area contributed by atoms with Crippen LogP contribution in [0.3, 0.4) is 0 Å². The zero-order valence-electron chi connectivity index (χ0n) is 11.2. The van der Waals surface area contributed by atoms with Crippen LogP contribution in [0.1, 0.15) is 11.1 Å². The lowest BCUT2D eigenvalue weighted by Crippen LogP contribution is -2.49. The van der Waals surface area contributed by atoms with E-state index in [0.29, 0.717) is 6.54 Å². The van der Waals surface area contributed by atoms with Gasteiger partial charge in [-0.25, -0.2) is 0 Å². The molecule has 0 unspecified atom stereocenters. The fraction of sp³-hybridized carbons (Fsp3) is 0.533. The number of carbonyl (C=O) groups is 1. The Morgan fingerprint density at radius 2 is 1.84 bits per heavy atom. The topological polar surface area (TPSA) is 44.4 Å². The molecule has 0 aromatic heterocycles. The first-order valence-corrected chi connectivity index (χ1v) is 7.10. The maximum absolute atomic E-state index is 12.0. The Morgan fingerprint density at radius 1 is 1.21 bits per heavy atom. The smallest absolute Gasteiger partial charge is 0.234 e. The molecular weight excluding hydrogens is 238 g/mol. The average molecular weight is 259 g/mol. The minimum atomic E-state index is 0.166. The maximum atomic E-state index is 12.0. The SMILES string of the molecule is O=C(CN1CCNCC1)NC1Cc2ccccc2C1. The average Bonchev–Trinajstić information content (AvgIpc) is 2.81. The van der Waals surface area contributed by atoms with Crippen LogP contribution in [0.25, 0.3) is 0 Å². The van der Waals surface area contributed by atoms with Crippen molar-refractivity contribution in [3.8, 4) is 0 Å². The summed E-state index contributed by atoms with van der Waals surface area (Å²) in [4.78, 5) is 14.3. The van der Waals surface area contributed by atoms with Crippen LogP contribution in [-0.4, -0.2) is 49.6 Å². The molecule has 0 saturated carbocycles. The summed E-state index contributed by atoms with van der Waals surface area (Å²) in [6.07, 6.45) is 1.95. The lowest BCUT2D eigenvalue weighted by atomic mass is 10.1. The molecule has 1 heterocycles. The molecule has 1 aromatic carbocycles. The van der Waals surface area contributed by atoms with Crippen molar-refractivity contribution in [3.63, 3.8) is 0 Å². The largest absolute Gasteiger partial charge is 0.352 e. The molecule has 1 aromatic rings. The van der Waals surface area contributed by atoms with E-state index >= 15 is 0 Å². The van der Waals surface area contributed by atoms with Crippen molar-refractivity contribution in [2.75, 3.05) is 32.7 Å². The number of benzene rings is 1. The van der Waals surface area contributed by atoms with Gasteiger partial charge in [0.1, 0.15) is 0 Å². The molecule has 3 rings (SSSR count). The van der Waals surface area contributed by atoms with Crippen molar-refractivity contribution in [1.82, 2.24) is 15.5 Å². The molecule has 1 fully saturated rings. The quantitative estimate of drug-likeness (QED) is 0.813. The van der Waals surface area contributed by atoms with Gasteiger partial charge in [0.25, 0.3) is 0 Å². The van der Waals surface area contributed by atoms with Gasteiger partial charge in [-0.1, -0.05) is 24.3 Å². The first kappa shape index (κ1) is 12.6. The molecule has 4 nitrogen and oxygen atoms in total. The van der Waals surface area contributed by atoms with Crippen molar-refractivity contribution >= 4 is 5.91 Å². The fourth-order valence-electron chi connectivity index (χ4n) is 3.01. The molecular formula is C15H21N3O. The van der Waals surface area contributed by atoms with Crippen LogP contribution in [0.5, 0.6) is 0 Å². The summed E-state index contributed by atoms with van der Waals surface area (Å²) in [5, 5.41) is 6.47. The second kappa shape index (κ2) is 5.72. The maximum Gasteiger partial charge on any atom is 0.234 e. The molecule has 1 saturated heterocycles. The first-order chi connectivity index (χ1) is 9.31. The summed E-state index contributed by atoms with van der Waals surface area (Å²) in [7, 11) is 0. The van der Waals surface area contributed by atoms with Crippen molar-refractivity contribution in [3.05, 3.63) is 35.4 Å². The van der Waals surface area contributed by atoms with Crippen LogP contribution in [0, 0.1) is 0 Å². The molecule has 0 radical (unpaired) electrons. The summed E-state index contributed by atoms with van der Waals surface area (Å²) >= 11 is 0. The van der Waals surface area contributed by atoms with Crippen LogP contribution >= 0.6 is 0 Å². The first-order valence-electron chi connectivity index (χ1n) is 7.10. The second-order valence-electron chi connectivity index (χ2n) is 5.47. The zero-order chi connectivity index (χ0) is 13.1.